The first-order chi connectivity index (χ1) is 6.15. The average molecular weight is 185 g/mol. The van der Waals surface area contributed by atoms with Crippen molar-refractivity contribution >= 4 is 0 Å². The Morgan fingerprint density at radius 3 is 2.62 bits per heavy atom. The number of piperazine rings is 1. The fraction of sp³-hybridized carbons (Fsp3) is 1.00. The summed E-state index contributed by atoms with van der Waals surface area (Å²) in [6, 6.07) is 0.697. The van der Waals surface area contributed by atoms with Crippen LogP contribution in [0.3, 0.4) is 0 Å². The van der Waals surface area contributed by atoms with Gasteiger partial charge in [-0.2, -0.15) is 0 Å². The smallest absolute Gasteiger partial charge is 0.0247 e. The molecule has 3 heteroatoms. The lowest BCUT2D eigenvalue weighted by Gasteiger charge is -2.42. The molecule has 3 nitrogen and oxygen atoms in total. The molecule has 1 aliphatic heterocycles. The Bertz CT molecular complexity index is 147. The average Bonchev–Trinajstić information content (AvgIpc) is 2.08. The highest BCUT2D eigenvalue weighted by Crippen LogP contribution is 2.15. The Morgan fingerprint density at radius 2 is 2.08 bits per heavy atom. The van der Waals surface area contributed by atoms with Gasteiger partial charge >= 0.3 is 0 Å². The highest BCUT2D eigenvalue weighted by Gasteiger charge is 2.26. The van der Waals surface area contributed by atoms with E-state index < -0.39 is 0 Å². The second-order valence-corrected chi connectivity index (χ2v) is 4.40. The summed E-state index contributed by atoms with van der Waals surface area (Å²) in [7, 11) is 2.20. The van der Waals surface area contributed by atoms with Crippen molar-refractivity contribution in [3.05, 3.63) is 0 Å². The summed E-state index contributed by atoms with van der Waals surface area (Å²) in [6.45, 7) is 9.99. The zero-order valence-electron chi connectivity index (χ0n) is 9.16. The molecule has 13 heavy (non-hydrogen) atoms. The molecular weight excluding hydrogens is 162 g/mol. The van der Waals surface area contributed by atoms with E-state index in [-0.39, 0.29) is 0 Å². The minimum Gasteiger partial charge on any atom is -0.329 e. The van der Waals surface area contributed by atoms with Crippen LogP contribution in [-0.2, 0) is 0 Å². The van der Waals surface area contributed by atoms with Crippen molar-refractivity contribution < 1.29 is 0 Å². The molecule has 0 radical (unpaired) electrons. The van der Waals surface area contributed by atoms with Crippen LogP contribution < -0.4 is 5.73 Å². The predicted octanol–water partition coefficient (Wildman–Crippen LogP) is 0.217. The summed E-state index contributed by atoms with van der Waals surface area (Å²) >= 11 is 0. The van der Waals surface area contributed by atoms with Crippen molar-refractivity contribution in [3.63, 3.8) is 0 Å². The highest BCUT2D eigenvalue weighted by atomic mass is 15.3. The maximum atomic E-state index is 5.60. The number of rotatable bonds is 3. The summed E-state index contributed by atoms with van der Waals surface area (Å²) in [4.78, 5) is 4.95. The van der Waals surface area contributed by atoms with Crippen molar-refractivity contribution in [2.45, 2.75) is 19.9 Å². The Balaban J connectivity index is 2.50. The largest absolute Gasteiger partial charge is 0.329 e. The Morgan fingerprint density at radius 1 is 1.38 bits per heavy atom. The lowest BCUT2D eigenvalue weighted by atomic mass is 10.00. The molecule has 1 unspecified atom stereocenters. The Kier molecular flexibility index (Phi) is 4.16. The second-order valence-electron chi connectivity index (χ2n) is 4.40. The van der Waals surface area contributed by atoms with Gasteiger partial charge in [-0.3, -0.25) is 4.90 Å². The van der Waals surface area contributed by atoms with E-state index in [4.69, 9.17) is 5.73 Å². The van der Waals surface area contributed by atoms with Crippen LogP contribution in [0, 0.1) is 5.92 Å². The molecule has 1 saturated heterocycles. The Hall–Kier alpha value is -0.120. The fourth-order valence-corrected chi connectivity index (χ4v) is 2.07. The zero-order valence-corrected chi connectivity index (χ0v) is 9.16. The van der Waals surface area contributed by atoms with Gasteiger partial charge in [0.1, 0.15) is 0 Å². The first kappa shape index (κ1) is 11.0. The summed E-state index contributed by atoms with van der Waals surface area (Å²) in [5.41, 5.74) is 5.60. The summed E-state index contributed by atoms with van der Waals surface area (Å²) < 4.78 is 0. The van der Waals surface area contributed by atoms with Gasteiger partial charge in [-0.25, -0.2) is 0 Å². The van der Waals surface area contributed by atoms with Gasteiger partial charge in [0.15, 0.2) is 0 Å². The van der Waals surface area contributed by atoms with E-state index in [1.807, 2.05) is 0 Å². The van der Waals surface area contributed by atoms with E-state index in [9.17, 15) is 0 Å². The minimum atomic E-state index is 0.697. The van der Waals surface area contributed by atoms with Gasteiger partial charge in [-0.1, -0.05) is 13.8 Å². The lowest BCUT2D eigenvalue weighted by molar-refractivity contribution is 0.0659. The van der Waals surface area contributed by atoms with Gasteiger partial charge in [0, 0.05) is 38.8 Å². The zero-order chi connectivity index (χ0) is 9.84. The predicted molar refractivity (Wildman–Crippen MR) is 56.8 cm³/mol. The summed E-state index contributed by atoms with van der Waals surface area (Å²) in [5.74, 6) is 0.731. The van der Waals surface area contributed by atoms with Crippen LogP contribution in [-0.4, -0.2) is 55.6 Å². The van der Waals surface area contributed by atoms with Crippen molar-refractivity contribution in [1.82, 2.24) is 9.80 Å². The van der Waals surface area contributed by atoms with Gasteiger partial charge < -0.3 is 10.6 Å². The summed E-state index contributed by atoms with van der Waals surface area (Å²) in [5, 5.41) is 0. The molecule has 2 N–H and O–H groups in total. The van der Waals surface area contributed by atoms with E-state index >= 15 is 0 Å². The molecule has 1 rings (SSSR count). The topological polar surface area (TPSA) is 32.5 Å². The van der Waals surface area contributed by atoms with Gasteiger partial charge in [0.25, 0.3) is 0 Å². The van der Waals surface area contributed by atoms with Gasteiger partial charge in [0.2, 0.25) is 0 Å². The second kappa shape index (κ2) is 4.94. The SMILES string of the molecule is CC(C)C1CN(C)CCN1CCN. The van der Waals surface area contributed by atoms with E-state index in [0.717, 1.165) is 19.0 Å². The van der Waals surface area contributed by atoms with Crippen LogP contribution >= 0.6 is 0 Å². The Labute approximate surface area is 81.9 Å². The molecule has 1 atom stereocenters. The molecule has 0 aromatic carbocycles. The van der Waals surface area contributed by atoms with Gasteiger partial charge in [0.05, 0.1) is 0 Å². The number of nitrogens with zero attached hydrogens (tertiary/aromatic N) is 2. The molecule has 0 amide bonds. The molecule has 1 fully saturated rings. The normalized spacial score (nSPS) is 27.0. The summed E-state index contributed by atoms with van der Waals surface area (Å²) in [6.07, 6.45) is 0. The van der Waals surface area contributed by atoms with Crippen molar-refractivity contribution in [3.8, 4) is 0 Å². The van der Waals surface area contributed by atoms with E-state index in [1.54, 1.807) is 0 Å². The third-order valence-electron chi connectivity index (χ3n) is 2.92. The molecule has 0 bridgehead atoms. The van der Waals surface area contributed by atoms with Crippen molar-refractivity contribution in [2.24, 2.45) is 11.7 Å². The first-order valence-electron chi connectivity index (χ1n) is 5.27. The molecule has 1 aliphatic rings. The maximum Gasteiger partial charge on any atom is 0.0247 e. The van der Waals surface area contributed by atoms with Crippen LogP contribution in [0.15, 0.2) is 0 Å². The van der Waals surface area contributed by atoms with Crippen molar-refractivity contribution in [2.75, 3.05) is 39.8 Å². The molecule has 0 aromatic heterocycles. The van der Waals surface area contributed by atoms with Crippen LogP contribution in [0.4, 0.5) is 0 Å². The number of nitrogens with two attached hydrogens (primary N) is 1. The van der Waals surface area contributed by atoms with Gasteiger partial charge in [-0.05, 0) is 13.0 Å². The number of hydrogen-bond acceptors (Lipinski definition) is 3. The molecule has 0 aliphatic carbocycles. The number of hydrogen-bond donors (Lipinski definition) is 1. The molecule has 0 spiro atoms. The van der Waals surface area contributed by atoms with Gasteiger partial charge in [-0.15, -0.1) is 0 Å². The standard InChI is InChI=1S/C10H23N3/c1-9(2)10-8-12(3)6-7-13(10)5-4-11/h9-10H,4-8,11H2,1-3H3. The fourth-order valence-electron chi connectivity index (χ4n) is 2.07. The van der Waals surface area contributed by atoms with Crippen molar-refractivity contribution in [1.29, 1.82) is 0 Å². The van der Waals surface area contributed by atoms with Crippen LogP contribution in [0.1, 0.15) is 13.8 Å². The van der Waals surface area contributed by atoms with E-state index in [0.29, 0.717) is 6.04 Å². The molecule has 0 aromatic rings. The first-order valence-corrected chi connectivity index (χ1v) is 5.27. The molecule has 0 saturated carbocycles. The van der Waals surface area contributed by atoms with Crippen LogP contribution in [0.2, 0.25) is 0 Å². The van der Waals surface area contributed by atoms with Crippen LogP contribution in [0.25, 0.3) is 0 Å². The van der Waals surface area contributed by atoms with E-state index in [1.165, 1.54) is 19.6 Å². The van der Waals surface area contributed by atoms with Crippen LogP contribution in [0.5, 0.6) is 0 Å². The monoisotopic (exact) mass is 185 g/mol. The quantitative estimate of drug-likeness (QED) is 0.682. The third kappa shape index (κ3) is 2.93. The molecule has 1 heterocycles. The highest BCUT2D eigenvalue weighted by molar-refractivity contribution is 4.82. The molecular formula is C10H23N3. The number of likely N-dealkylation sites (N-methyl/N-ethyl adjacent to an activating group) is 1. The minimum absolute atomic E-state index is 0.697. The molecule has 78 valence electrons. The maximum absolute atomic E-state index is 5.60. The van der Waals surface area contributed by atoms with E-state index in [2.05, 4.69) is 30.7 Å². The third-order valence-corrected chi connectivity index (χ3v) is 2.92. The lowest BCUT2D eigenvalue weighted by Crippen LogP contribution is -2.55.